The van der Waals surface area contributed by atoms with Gasteiger partial charge in [-0.3, -0.25) is 4.79 Å². The first kappa shape index (κ1) is 23.6. The molecule has 0 bridgehead atoms. The zero-order chi connectivity index (χ0) is 25.1. The van der Waals surface area contributed by atoms with Crippen molar-refractivity contribution < 1.29 is 14.3 Å². The molecule has 2 aliphatic heterocycles. The van der Waals surface area contributed by atoms with E-state index >= 15 is 0 Å². The number of nitriles is 1. The third-order valence-corrected chi connectivity index (χ3v) is 6.56. The highest BCUT2D eigenvalue weighted by molar-refractivity contribution is 5.93. The first-order valence-corrected chi connectivity index (χ1v) is 11.9. The molecule has 0 unspecified atom stereocenters. The van der Waals surface area contributed by atoms with Crippen LogP contribution in [0.5, 0.6) is 5.75 Å². The third-order valence-electron chi connectivity index (χ3n) is 6.56. The summed E-state index contributed by atoms with van der Waals surface area (Å²) in [6.45, 7) is 5.28. The number of likely N-dealkylation sites (N-methyl/N-ethyl adjacent to an activating group) is 1. The molecule has 3 aromatic heterocycles. The first-order chi connectivity index (χ1) is 17.6. The molecular formula is C26H27N7O3. The van der Waals surface area contributed by atoms with Gasteiger partial charge in [-0.1, -0.05) is 0 Å². The molecule has 2 fully saturated rings. The number of hydrogen-bond donors (Lipinski definition) is 0. The lowest BCUT2D eigenvalue weighted by Crippen LogP contribution is -2.48. The smallest absolute Gasteiger partial charge is 0.298 e. The molecule has 0 spiro atoms. The number of fused-ring (bicyclic) bond motifs is 1. The van der Waals surface area contributed by atoms with Gasteiger partial charge in [0.2, 0.25) is 0 Å². The van der Waals surface area contributed by atoms with Gasteiger partial charge in [-0.2, -0.15) is 10.4 Å². The van der Waals surface area contributed by atoms with E-state index in [0.29, 0.717) is 56.2 Å². The Morgan fingerprint density at radius 3 is 2.78 bits per heavy atom. The van der Waals surface area contributed by atoms with E-state index in [1.54, 1.807) is 28.0 Å². The summed E-state index contributed by atoms with van der Waals surface area (Å²) >= 11 is 0. The minimum Gasteiger partial charge on any atom is -0.489 e. The number of piperazine rings is 1. The molecule has 3 aromatic rings. The van der Waals surface area contributed by atoms with Crippen LogP contribution in [0, 0.1) is 23.7 Å². The van der Waals surface area contributed by atoms with E-state index in [1.165, 1.54) is 0 Å². The Hall–Kier alpha value is -4.12. The Kier molecular flexibility index (Phi) is 6.72. The molecule has 0 aromatic carbocycles. The second-order valence-corrected chi connectivity index (χ2v) is 8.95. The Morgan fingerprint density at radius 2 is 2.08 bits per heavy atom. The van der Waals surface area contributed by atoms with Crippen molar-refractivity contribution in [2.75, 3.05) is 64.4 Å². The van der Waals surface area contributed by atoms with Crippen molar-refractivity contribution in [3.8, 4) is 35.3 Å². The zero-order valence-corrected chi connectivity index (χ0v) is 20.1. The maximum Gasteiger partial charge on any atom is 0.298 e. The average Bonchev–Trinajstić information content (AvgIpc) is 3.34. The summed E-state index contributed by atoms with van der Waals surface area (Å²) < 4.78 is 13.6. The van der Waals surface area contributed by atoms with E-state index in [1.807, 2.05) is 18.2 Å². The first-order valence-electron chi connectivity index (χ1n) is 11.9. The van der Waals surface area contributed by atoms with Crippen molar-refractivity contribution in [3.05, 3.63) is 42.4 Å². The summed E-state index contributed by atoms with van der Waals surface area (Å²) in [7, 11) is 2.07. The van der Waals surface area contributed by atoms with Crippen molar-refractivity contribution >= 4 is 17.2 Å². The number of pyridine rings is 2. The van der Waals surface area contributed by atoms with Gasteiger partial charge in [-0.25, -0.2) is 9.50 Å². The molecule has 1 atom stereocenters. The summed E-state index contributed by atoms with van der Waals surface area (Å²) in [4.78, 5) is 22.4. The summed E-state index contributed by atoms with van der Waals surface area (Å²) in [6, 6.07) is 8.08. The predicted molar refractivity (Wildman–Crippen MR) is 133 cm³/mol. The lowest BCUT2D eigenvalue weighted by atomic mass is 10.1. The van der Waals surface area contributed by atoms with Gasteiger partial charge in [-0.15, -0.1) is 6.42 Å². The van der Waals surface area contributed by atoms with Crippen LogP contribution in [0.1, 0.15) is 5.56 Å². The molecule has 36 heavy (non-hydrogen) atoms. The number of amides is 1. The van der Waals surface area contributed by atoms with Gasteiger partial charge < -0.3 is 24.2 Å². The molecule has 5 heterocycles. The Balaban J connectivity index is 1.37. The van der Waals surface area contributed by atoms with Crippen molar-refractivity contribution in [2.24, 2.45) is 0 Å². The fourth-order valence-electron chi connectivity index (χ4n) is 4.60. The summed E-state index contributed by atoms with van der Waals surface area (Å²) in [6.07, 6.45) is 10.4. The van der Waals surface area contributed by atoms with Gasteiger partial charge in [0.05, 0.1) is 30.1 Å². The number of carbonyl (C=O) groups is 1. The van der Waals surface area contributed by atoms with E-state index in [4.69, 9.17) is 15.9 Å². The van der Waals surface area contributed by atoms with Crippen molar-refractivity contribution in [1.29, 1.82) is 5.26 Å². The van der Waals surface area contributed by atoms with Crippen LogP contribution in [0.3, 0.4) is 0 Å². The van der Waals surface area contributed by atoms with Crippen LogP contribution in [0.25, 0.3) is 16.6 Å². The van der Waals surface area contributed by atoms with Gasteiger partial charge in [-0.05, 0) is 31.2 Å². The Bertz CT molecular complexity index is 1330. The zero-order valence-electron chi connectivity index (χ0n) is 20.1. The molecule has 0 N–H and O–H groups in total. The number of nitrogens with zero attached hydrogens (tertiary/aromatic N) is 7. The number of aromatic nitrogens is 3. The molecule has 5 rings (SSSR count). The van der Waals surface area contributed by atoms with Crippen LogP contribution in [-0.4, -0.2) is 95.9 Å². The number of anilines is 1. The van der Waals surface area contributed by atoms with E-state index < -0.39 is 0 Å². The molecule has 10 nitrogen and oxygen atoms in total. The van der Waals surface area contributed by atoms with Gasteiger partial charge in [0.15, 0.2) is 0 Å². The molecule has 2 aliphatic rings. The molecule has 2 saturated heterocycles. The number of ether oxygens (including phenoxy) is 2. The fourth-order valence-corrected chi connectivity index (χ4v) is 4.60. The van der Waals surface area contributed by atoms with Gasteiger partial charge in [0.1, 0.15) is 30.3 Å². The van der Waals surface area contributed by atoms with E-state index in [2.05, 4.69) is 38.9 Å². The molecule has 0 aliphatic carbocycles. The molecule has 10 heteroatoms. The minimum atomic E-state index is -0.278. The summed E-state index contributed by atoms with van der Waals surface area (Å²) in [5.74, 6) is 3.36. The molecule has 0 saturated carbocycles. The van der Waals surface area contributed by atoms with E-state index in [9.17, 15) is 10.1 Å². The van der Waals surface area contributed by atoms with Crippen LogP contribution in [0.4, 0.5) is 5.82 Å². The highest BCUT2D eigenvalue weighted by Crippen LogP contribution is 2.31. The van der Waals surface area contributed by atoms with E-state index in [0.717, 1.165) is 30.0 Å². The monoisotopic (exact) mass is 485 g/mol. The minimum absolute atomic E-state index is 0.00691. The number of hydrogen-bond acceptors (Lipinski definition) is 8. The second kappa shape index (κ2) is 10.2. The van der Waals surface area contributed by atoms with E-state index in [-0.39, 0.29) is 12.0 Å². The second-order valence-electron chi connectivity index (χ2n) is 8.95. The summed E-state index contributed by atoms with van der Waals surface area (Å²) in [5.41, 5.74) is 2.84. The Morgan fingerprint density at radius 1 is 1.25 bits per heavy atom. The molecule has 0 radical (unpaired) electrons. The molecular weight excluding hydrogens is 458 g/mol. The van der Waals surface area contributed by atoms with Crippen LogP contribution in [0.2, 0.25) is 0 Å². The van der Waals surface area contributed by atoms with Crippen molar-refractivity contribution in [3.63, 3.8) is 0 Å². The maximum atomic E-state index is 11.7. The SMILES string of the molecule is C#CC(=O)N1CCN(c2ccc(-c3cc(OC[C@H]4CN(C)CCO4)cn4ncc(C#N)c34)cn2)CC1. The normalized spacial score (nSPS) is 18.6. The molecule has 1 amide bonds. The number of morpholine rings is 1. The van der Waals surface area contributed by atoms with Gasteiger partial charge >= 0.3 is 0 Å². The highest BCUT2D eigenvalue weighted by atomic mass is 16.5. The summed E-state index contributed by atoms with van der Waals surface area (Å²) in [5, 5.41) is 14.0. The average molecular weight is 486 g/mol. The van der Waals surface area contributed by atoms with Crippen LogP contribution in [-0.2, 0) is 9.53 Å². The lowest BCUT2D eigenvalue weighted by molar-refractivity contribution is -0.125. The quantitative estimate of drug-likeness (QED) is 0.498. The van der Waals surface area contributed by atoms with Crippen LogP contribution in [0.15, 0.2) is 36.8 Å². The van der Waals surface area contributed by atoms with Crippen molar-refractivity contribution in [2.45, 2.75) is 6.10 Å². The Labute approximate surface area is 209 Å². The van der Waals surface area contributed by atoms with Crippen LogP contribution >= 0.6 is 0 Å². The van der Waals surface area contributed by atoms with Gasteiger partial charge in [0.25, 0.3) is 5.91 Å². The topological polar surface area (TPSA) is 99.2 Å². The van der Waals surface area contributed by atoms with Crippen LogP contribution < -0.4 is 9.64 Å². The van der Waals surface area contributed by atoms with Crippen molar-refractivity contribution in [1.82, 2.24) is 24.4 Å². The largest absolute Gasteiger partial charge is 0.489 e. The fraction of sp³-hybridized carbons (Fsp3) is 0.385. The highest BCUT2D eigenvalue weighted by Gasteiger charge is 2.22. The van der Waals surface area contributed by atoms with Gasteiger partial charge in [0, 0.05) is 56.6 Å². The standard InChI is InChI=1S/C26H27N7O3/c1-3-25(34)32-8-6-31(7-9-32)24-5-4-19(14-28-24)23-12-21(17-33-26(23)20(13-27)15-29-33)36-18-22-16-30(2)10-11-35-22/h1,4-5,12,14-15,17,22H,6-11,16,18H2,2H3/t22-/m1/s1. The third kappa shape index (κ3) is 4.82. The maximum absolute atomic E-state index is 11.7. The lowest BCUT2D eigenvalue weighted by Gasteiger charge is -2.34. The number of carbonyl (C=O) groups excluding carboxylic acids is 1. The molecule has 184 valence electrons. The predicted octanol–water partition coefficient (Wildman–Crippen LogP) is 1.26. The number of terminal acetylenes is 1. The number of rotatable bonds is 5.